The van der Waals surface area contributed by atoms with Gasteiger partial charge in [0.05, 0.1) is 31.0 Å². The Morgan fingerprint density at radius 1 is 1.14 bits per heavy atom. The molecule has 1 aromatic heterocycles. The van der Waals surface area contributed by atoms with Crippen molar-refractivity contribution >= 4 is 16.8 Å². The molecule has 1 aromatic carbocycles. The number of fused-ring (bicyclic) bond motifs is 2. The molecule has 0 bridgehead atoms. The second-order valence-corrected chi connectivity index (χ2v) is 6.05. The zero-order valence-electron chi connectivity index (χ0n) is 12.4. The van der Waals surface area contributed by atoms with Crippen molar-refractivity contribution in [3.63, 3.8) is 0 Å². The summed E-state index contributed by atoms with van der Waals surface area (Å²) in [5.74, 6) is -0.0161. The zero-order chi connectivity index (χ0) is 14.9. The number of ether oxygens (including phenoxy) is 2. The molecule has 5 nitrogen and oxygen atoms in total. The van der Waals surface area contributed by atoms with Gasteiger partial charge in [0, 0.05) is 23.1 Å². The standard InChI is InChI=1S/C17H20N2O3/c20-17(13-10-18-14-4-2-1-3-12(13)14)19-11-5-6-15-16(9-11)22-8-7-21-15/h1-4,10-11,15-16,18H,5-9H2,(H,19,20). The first-order valence-electron chi connectivity index (χ1n) is 7.91. The van der Waals surface area contributed by atoms with Crippen molar-refractivity contribution in [3.8, 4) is 0 Å². The van der Waals surface area contributed by atoms with Gasteiger partial charge in [0.25, 0.3) is 5.91 Å². The fourth-order valence-corrected chi connectivity index (χ4v) is 3.52. The number of aromatic amines is 1. The highest BCUT2D eigenvalue weighted by Crippen LogP contribution is 2.27. The Morgan fingerprint density at radius 3 is 2.86 bits per heavy atom. The molecule has 4 rings (SSSR count). The van der Waals surface area contributed by atoms with Crippen LogP contribution in [0.15, 0.2) is 30.5 Å². The van der Waals surface area contributed by atoms with E-state index in [-0.39, 0.29) is 24.2 Å². The second-order valence-electron chi connectivity index (χ2n) is 6.05. The molecule has 5 heteroatoms. The Kier molecular flexibility index (Phi) is 3.60. The van der Waals surface area contributed by atoms with Gasteiger partial charge in [0.15, 0.2) is 0 Å². The molecule has 22 heavy (non-hydrogen) atoms. The monoisotopic (exact) mass is 300 g/mol. The van der Waals surface area contributed by atoms with Crippen molar-refractivity contribution in [2.45, 2.75) is 37.5 Å². The highest BCUT2D eigenvalue weighted by atomic mass is 16.6. The molecule has 1 saturated carbocycles. The van der Waals surface area contributed by atoms with Gasteiger partial charge < -0.3 is 19.8 Å². The first-order valence-corrected chi connectivity index (χ1v) is 7.91. The van der Waals surface area contributed by atoms with Gasteiger partial charge in [-0.15, -0.1) is 0 Å². The minimum Gasteiger partial charge on any atom is -0.373 e. The minimum atomic E-state index is -0.0161. The van der Waals surface area contributed by atoms with E-state index >= 15 is 0 Å². The van der Waals surface area contributed by atoms with Crippen LogP contribution in [0.2, 0.25) is 0 Å². The molecule has 0 spiro atoms. The third-order valence-electron chi connectivity index (χ3n) is 4.65. The van der Waals surface area contributed by atoms with Crippen molar-refractivity contribution < 1.29 is 14.3 Å². The summed E-state index contributed by atoms with van der Waals surface area (Å²) < 4.78 is 11.5. The molecule has 2 aliphatic rings. The molecule has 1 saturated heterocycles. The van der Waals surface area contributed by atoms with E-state index in [1.54, 1.807) is 6.20 Å². The number of carbonyl (C=O) groups is 1. The highest BCUT2D eigenvalue weighted by molar-refractivity contribution is 6.06. The van der Waals surface area contributed by atoms with Gasteiger partial charge in [-0.2, -0.15) is 0 Å². The lowest BCUT2D eigenvalue weighted by Crippen LogP contribution is -2.49. The lowest BCUT2D eigenvalue weighted by atomic mass is 9.89. The van der Waals surface area contributed by atoms with E-state index < -0.39 is 0 Å². The summed E-state index contributed by atoms with van der Waals surface area (Å²) in [7, 11) is 0. The first-order chi connectivity index (χ1) is 10.8. The summed E-state index contributed by atoms with van der Waals surface area (Å²) in [5.41, 5.74) is 1.69. The SMILES string of the molecule is O=C(NC1CCC2OCCOC2C1)c1c[nH]c2ccccc12. The Labute approximate surface area is 129 Å². The van der Waals surface area contributed by atoms with Crippen LogP contribution in [0.3, 0.4) is 0 Å². The van der Waals surface area contributed by atoms with Gasteiger partial charge in [0.2, 0.25) is 0 Å². The Morgan fingerprint density at radius 2 is 1.95 bits per heavy atom. The number of carbonyl (C=O) groups excluding carboxylic acids is 1. The molecule has 0 radical (unpaired) electrons. The largest absolute Gasteiger partial charge is 0.373 e. The number of rotatable bonds is 2. The third-order valence-corrected chi connectivity index (χ3v) is 4.65. The van der Waals surface area contributed by atoms with Crippen LogP contribution < -0.4 is 5.32 Å². The molecule has 3 atom stereocenters. The maximum absolute atomic E-state index is 12.5. The molecule has 116 valence electrons. The number of nitrogens with one attached hydrogen (secondary N) is 2. The number of hydrogen-bond donors (Lipinski definition) is 2. The Balaban J connectivity index is 1.46. The fraction of sp³-hybridized carbons (Fsp3) is 0.471. The first kappa shape index (κ1) is 13.8. The van der Waals surface area contributed by atoms with E-state index in [9.17, 15) is 4.79 Å². The average molecular weight is 300 g/mol. The van der Waals surface area contributed by atoms with Crippen LogP contribution in [0.1, 0.15) is 29.6 Å². The van der Waals surface area contributed by atoms with Gasteiger partial charge in [-0.3, -0.25) is 4.79 Å². The van der Waals surface area contributed by atoms with E-state index in [4.69, 9.17) is 9.47 Å². The number of para-hydroxylation sites is 1. The summed E-state index contributed by atoms with van der Waals surface area (Å²) in [4.78, 5) is 15.7. The number of benzene rings is 1. The van der Waals surface area contributed by atoms with Crippen molar-refractivity contribution in [1.82, 2.24) is 10.3 Å². The van der Waals surface area contributed by atoms with Crippen molar-refractivity contribution in [2.75, 3.05) is 13.2 Å². The topological polar surface area (TPSA) is 63.4 Å². The van der Waals surface area contributed by atoms with Gasteiger partial charge in [0.1, 0.15) is 0 Å². The molecule has 2 aromatic rings. The molecule has 1 aliphatic carbocycles. The zero-order valence-corrected chi connectivity index (χ0v) is 12.4. The number of H-pyrrole nitrogens is 1. The molecule has 1 aliphatic heterocycles. The number of hydrogen-bond acceptors (Lipinski definition) is 3. The van der Waals surface area contributed by atoms with E-state index in [0.29, 0.717) is 18.8 Å². The molecular weight excluding hydrogens is 280 g/mol. The number of amides is 1. The highest BCUT2D eigenvalue weighted by Gasteiger charge is 2.34. The Hall–Kier alpha value is -1.85. The molecule has 2 N–H and O–H groups in total. The van der Waals surface area contributed by atoms with Crippen LogP contribution in [0, 0.1) is 0 Å². The maximum Gasteiger partial charge on any atom is 0.253 e. The lowest BCUT2D eigenvalue weighted by molar-refractivity contribution is -0.157. The lowest BCUT2D eigenvalue weighted by Gasteiger charge is -2.39. The fourth-order valence-electron chi connectivity index (χ4n) is 3.52. The number of aromatic nitrogens is 1. The normalized spacial score (nSPS) is 28.3. The molecule has 3 unspecified atom stereocenters. The summed E-state index contributed by atoms with van der Waals surface area (Å²) in [5, 5.41) is 4.12. The molecular formula is C17H20N2O3. The van der Waals surface area contributed by atoms with E-state index in [1.165, 1.54) is 0 Å². The van der Waals surface area contributed by atoms with Gasteiger partial charge in [-0.1, -0.05) is 18.2 Å². The molecule has 2 fully saturated rings. The maximum atomic E-state index is 12.5. The quantitative estimate of drug-likeness (QED) is 0.894. The van der Waals surface area contributed by atoms with Crippen LogP contribution in [0.4, 0.5) is 0 Å². The average Bonchev–Trinajstić information content (AvgIpc) is 2.99. The summed E-state index contributed by atoms with van der Waals surface area (Å²) >= 11 is 0. The summed E-state index contributed by atoms with van der Waals surface area (Å²) in [6, 6.07) is 8.01. The van der Waals surface area contributed by atoms with Crippen LogP contribution >= 0.6 is 0 Å². The summed E-state index contributed by atoms with van der Waals surface area (Å²) in [6.07, 6.45) is 4.83. The van der Waals surface area contributed by atoms with Crippen LogP contribution in [0.5, 0.6) is 0 Å². The molecule has 2 heterocycles. The van der Waals surface area contributed by atoms with Crippen molar-refractivity contribution in [3.05, 3.63) is 36.0 Å². The minimum absolute atomic E-state index is 0.0161. The van der Waals surface area contributed by atoms with Crippen LogP contribution in [-0.4, -0.2) is 42.4 Å². The van der Waals surface area contributed by atoms with Gasteiger partial charge in [-0.25, -0.2) is 0 Å². The summed E-state index contributed by atoms with van der Waals surface area (Å²) in [6.45, 7) is 1.35. The van der Waals surface area contributed by atoms with Gasteiger partial charge >= 0.3 is 0 Å². The Bertz CT molecular complexity index is 681. The predicted octanol–water partition coefficient (Wildman–Crippen LogP) is 2.23. The van der Waals surface area contributed by atoms with E-state index in [1.807, 2.05) is 24.3 Å². The van der Waals surface area contributed by atoms with E-state index in [0.717, 1.165) is 30.2 Å². The van der Waals surface area contributed by atoms with Gasteiger partial charge in [-0.05, 0) is 25.3 Å². The van der Waals surface area contributed by atoms with Crippen molar-refractivity contribution in [2.24, 2.45) is 0 Å². The van der Waals surface area contributed by atoms with E-state index in [2.05, 4.69) is 10.3 Å². The van der Waals surface area contributed by atoms with Crippen LogP contribution in [0.25, 0.3) is 10.9 Å². The third kappa shape index (κ3) is 2.51. The van der Waals surface area contributed by atoms with Crippen molar-refractivity contribution in [1.29, 1.82) is 0 Å². The second kappa shape index (κ2) is 5.74. The molecule has 1 amide bonds. The predicted molar refractivity (Wildman–Crippen MR) is 82.9 cm³/mol. The van der Waals surface area contributed by atoms with Crippen LogP contribution in [-0.2, 0) is 9.47 Å². The smallest absolute Gasteiger partial charge is 0.253 e.